The molecule has 16 heavy (non-hydrogen) atoms. The van der Waals surface area contributed by atoms with Crippen LogP contribution in [0.15, 0.2) is 0 Å². The number of hydrogen-bond donors (Lipinski definition) is 0. The van der Waals surface area contributed by atoms with Gasteiger partial charge >= 0.3 is 5.97 Å². The Kier molecular flexibility index (Phi) is 3.73. The fourth-order valence-electron chi connectivity index (χ4n) is 1.41. The van der Waals surface area contributed by atoms with Gasteiger partial charge in [-0.05, 0) is 19.8 Å². The summed E-state index contributed by atoms with van der Waals surface area (Å²) in [6, 6.07) is 0. The topological polar surface area (TPSA) is 55.9 Å². The number of Topliss-reactive ketones (excluding diaryl/α,β-unsaturated/α-hetero) is 1. The van der Waals surface area contributed by atoms with Crippen molar-refractivity contribution in [2.24, 2.45) is 11.8 Å². The van der Waals surface area contributed by atoms with E-state index in [1.165, 1.54) is 0 Å². The van der Waals surface area contributed by atoms with E-state index in [1.807, 2.05) is 20.8 Å². The molecule has 0 aromatic rings. The highest BCUT2D eigenvalue weighted by molar-refractivity contribution is 6.10. The van der Waals surface area contributed by atoms with Crippen LogP contribution in [0.1, 0.15) is 34.6 Å². The molecular formula is C12H20O4. The van der Waals surface area contributed by atoms with Crippen LogP contribution in [0.4, 0.5) is 0 Å². The Morgan fingerprint density at radius 3 is 2.00 bits per heavy atom. The molecule has 1 aliphatic rings. The van der Waals surface area contributed by atoms with Crippen LogP contribution in [0.5, 0.6) is 0 Å². The van der Waals surface area contributed by atoms with Gasteiger partial charge in [0, 0.05) is 5.92 Å². The predicted octanol–water partition coefficient (Wildman–Crippen LogP) is 1.57. The zero-order chi connectivity index (χ0) is 12.5. The summed E-state index contributed by atoms with van der Waals surface area (Å²) in [7, 11) is 0. The van der Waals surface area contributed by atoms with Crippen molar-refractivity contribution in [1.29, 1.82) is 0 Å². The van der Waals surface area contributed by atoms with Crippen molar-refractivity contribution in [3.8, 4) is 0 Å². The highest BCUT2D eigenvalue weighted by Crippen LogP contribution is 2.34. The third kappa shape index (κ3) is 2.43. The van der Waals surface area contributed by atoms with E-state index >= 15 is 0 Å². The lowest BCUT2D eigenvalue weighted by Gasteiger charge is -2.19. The van der Waals surface area contributed by atoms with Crippen molar-refractivity contribution < 1.29 is 19.1 Å². The second-order valence-corrected chi connectivity index (χ2v) is 4.97. The average molecular weight is 228 g/mol. The molecule has 0 aromatic heterocycles. The number of esters is 1. The molecule has 0 amide bonds. The van der Waals surface area contributed by atoms with Gasteiger partial charge in [0.25, 0.3) is 0 Å². The Labute approximate surface area is 96.3 Å². The first kappa shape index (κ1) is 13.2. The quantitative estimate of drug-likeness (QED) is 0.407. The number of hydrogen-bond acceptors (Lipinski definition) is 4. The largest absolute Gasteiger partial charge is 0.460 e. The summed E-state index contributed by atoms with van der Waals surface area (Å²) >= 11 is 0. The minimum atomic E-state index is -1.30. The molecule has 0 radical (unpaired) electrons. The molecule has 92 valence electrons. The number of epoxide rings is 1. The van der Waals surface area contributed by atoms with Crippen molar-refractivity contribution in [2.75, 3.05) is 6.61 Å². The fraction of sp³-hybridized carbons (Fsp3) is 0.833. The smallest absolute Gasteiger partial charge is 0.349 e. The summed E-state index contributed by atoms with van der Waals surface area (Å²) < 4.78 is 10.1. The van der Waals surface area contributed by atoms with Crippen LogP contribution in [0.3, 0.4) is 0 Å². The van der Waals surface area contributed by atoms with Gasteiger partial charge in [0.2, 0.25) is 5.60 Å². The normalized spacial score (nSPS) is 25.7. The number of carbonyl (C=O) groups is 2. The van der Waals surface area contributed by atoms with E-state index in [-0.39, 0.29) is 30.3 Å². The second-order valence-electron chi connectivity index (χ2n) is 4.97. The van der Waals surface area contributed by atoms with Gasteiger partial charge in [-0.25, -0.2) is 4.79 Å². The van der Waals surface area contributed by atoms with Gasteiger partial charge in [-0.2, -0.15) is 0 Å². The van der Waals surface area contributed by atoms with Gasteiger partial charge in [0.05, 0.1) is 12.7 Å². The maximum atomic E-state index is 12.1. The first-order valence-corrected chi connectivity index (χ1v) is 5.70. The van der Waals surface area contributed by atoms with E-state index in [9.17, 15) is 9.59 Å². The van der Waals surface area contributed by atoms with E-state index in [1.54, 1.807) is 13.8 Å². The highest BCUT2D eigenvalue weighted by atomic mass is 16.6. The summed E-state index contributed by atoms with van der Waals surface area (Å²) in [5.41, 5.74) is -1.30. The van der Waals surface area contributed by atoms with Crippen LogP contribution in [0.2, 0.25) is 0 Å². The minimum Gasteiger partial charge on any atom is -0.460 e. The molecule has 1 fully saturated rings. The Balaban J connectivity index is 2.71. The summed E-state index contributed by atoms with van der Waals surface area (Å²) in [5, 5.41) is 0. The van der Waals surface area contributed by atoms with E-state index in [4.69, 9.17) is 9.47 Å². The molecular weight excluding hydrogens is 208 g/mol. The molecule has 0 bridgehead atoms. The number of ketones is 1. The fourth-order valence-corrected chi connectivity index (χ4v) is 1.41. The zero-order valence-electron chi connectivity index (χ0n) is 10.6. The van der Waals surface area contributed by atoms with Crippen LogP contribution in [-0.2, 0) is 19.1 Å². The Morgan fingerprint density at radius 1 is 1.19 bits per heavy atom. The SMILES string of the molecule is CC(C)OC(=O)C1(C(=O)[C@H](C)C(C)C)CO1. The van der Waals surface area contributed by atoms with E-state index in [0.717, 1.165) is 0 Å². The lowest BCUT2D eigenvalue weighted by molar-refractivity contribution is -0.158. The van der Waals surface area contributed by atoms with Crippen LogP contribution in [0.25, 0.3) is 0 Å². The number of carbonyl (C=O) groups excluding carboxylic acids is 2. The molecule has 0 saturated carbocycles. The van der Waals surface area contributed by atoms with Crippen molar-refractivity contribution in [3.05, 3.63) is 0 Å². The standard InChI is InChI=1S/C12H20O4/c1-7(2)9(5)10(13)12(6-15-12)11(14)16-8(3)4/h7-9H,6H2,1-5H3/t9-,12?/m1/s1. The van der Waals surface area contributed by atoms with Gasteiger partial charge < -0.3 is 9.47 Å². The van der Waals surface area contributed by atoms with Crippen LogP contribution in [0, 0.1) is 11.8 Å². The lowest BCUT2D eigenvalue weighted by atomic mass is 9.86. The minimum absolute atomic E-state index is 0.159. The van der Waals surface area contributed by atoms with Crippen molar-refractivity contribution in [3.63, 3.8) is 0 Å². The van der Waals surface area contributed by atoms with Crippen LogP contribution in [-0.4, -0.2) is 30.1 Å². The van der Waals surface area contributed by atoms with Crippen molar-refractivity contribution in [2.45, 2.75) is 46.3 Å². The molecule has 2 atom stereocenters. The van der Waals surface area contributed by atoms with Gasteiger partial charge in [0.15, 0.2) is 5.78 Å². The van der Waals surface area contributed by atoms with Crippen LogP contribution >= 0.6 is 0 Å². The molecule has 0 N–H and O–H groups in total. The summed E-state index contributed by atoms with van der Waals surface area (Å²) in [6.07, 6.45) is -0.226. The Hall–Kier alpha value is -0.900. The molecule has 1 saturated heterocycles. The molecule has 0 aromatic carbocycles. The molecule has 1 aliphatic heterocycles. The maximum absolute atomic E-state index is 12.1. The zero-order valence-corrected chi connectivity index (χ0v) is 10.6. The highest BCUT2D eigenvalue weighted by Gasteiger charge is 2.61. The van der Waals surface area contributed by atoms with E-state index < -0.39 is 11.6 Å². The van der Waals surface area contributed by atoms with Gasteiger partial charge in [0.1, 0.15) is 0 Å². The van der Waals surface area contributed by atoms with Crippen molar-refractivity contribution in [1.82, 2.24) is 0 Å². The van der Waals surface area contributed by atoms with Gasteiger partial charge in [-0.3, -0.25) is 4.79 Å². The van der Waals surface area contributed by atoms with Crippen molar-refractivity contribution >= 4 is 11.8 Å². The first-order valence-electron chi connectivity index (χ1n) is 5.70. The maximum Gasteiger partial charge on any atom is 0.349 e. The van der Waals surface area contributed by atoms with E-state index in [2.05, 4.69) is 0 Å². The molecule has 0 aliphatic carbocycles. The Bertz CT molecular complexity index is 289. The molecule has 1 unspecified atom stereocenters. The predicted molar refractivity (Wildman–Crippen MR) is 58.9 cm³/mol. The first-order chi connectivity index (χ1) is 7.31. The Morgan fingerprint density at radius 2 is 1.69 bits per heavy atom. The third-order valence-corrected chi connectivity index (χ3v) is 2.92. The molecule has 4 heteroatoms. The molecule has 4 nitrogen and oxygen atoms in total. The van der Waals surface area contributed by atoms with Gasteiger partial charge in [-0.1, -0.05) is 20.8 Å². The monoisotopic (exact) mass is 228 g/mol. The van der Waals surface area contributed by atoms with Gasteiger partial charge in [-0.15, -0.1) is 0 Å². The number of ether oxygens (including phenoxy) is 2. The number of rotatable bonds is 5. The third-order valence-electron chi connectivity index (χ3n) is 2.92. The average Bonchev–Trinajstić information content (AvgIpc) is 2.95. The summed E-state index contributed by atoms with van der Waals surface area (Å²) in [5.74, 6) is -0.698. The molecule has 1 heterocycles. The second kappa shape index (κ2) is 4.53. The summed E-state index contributed by atoms with van der Waals surface area (Å²) in [6.45, 7) is 9.39. The summed E-state index contributed by atoms with van der Waals surface area (Å²) in [4.78, 5) is 23.8. The van der Waals surface area contributed by atoms with Crippen LogP contribution < -0.4 is 0 Å². The van der Waals surface area contributed by atoms with E-state index in [0.29, 0.717) is 0 Å². The lowest BCUT2D eigenvalue weighted by Crippen LogP contribution is -2.41. The molecule has 1 rings (SSSR count). The molecule has 0 spiro atoms.